The number of hydrazone groups is 1. The van der Waals surface area contributed by atoms with Crippen molar-refractivity contribution in [3.05, 3.63) is 77.5 Å². The molecule has 162 valence electrons. The molecule has 0 bridgehead atoms. The molecule has 1 aliphatic rings. The lowest BCUT2D eigenvalue weighted by Crippen LogP contribution is -2.20. The van der Waals surface area contributed by atoms with Crippen LogP contribution in [-0.2, 0) is 24.2 Å². The largest absolute Gasteiger partial charge is 0.496 e. The van der Waals surface area contributed by atoms with Gasteiger partial charge in [0.1, 0.15) is 5.75 Å². The zero-order valence-electron chi connectivity index (χ0n) is 18.3. The molecule has 3 aromatic carbocycles. The summed E-state index contributed by atoms with van der Waals surface area (Å²) >= 11 is 0. The number of para-hydroxylation sites is 1. The lowest BCUT2D eigenvalue weighted by Gasteiger charge is -2.15. The number of aryl methyl sites for hydroxylation is 2. The van der Waals surface area contributed by atoms with Gasteiger partial charge in [0.25, 0.3) is 0 Å². The Morgan fingerprint density at radius 3 is 2.69 bits per heavy atom. The van der Waals surface area contributed by atoms with Gasteiger partial charge in [-0.25, -0.2) is 5.43 Å². The van der Waals surface area contributed by atoms with Crippen LogP contribution in [0.2, 0.25) is 0 Å². The van der Waals surface area contributed by atoms with Crippen LogP contribution in [0.3, 0.4) is 0 Å². The number of amides is 1. The number of ether oxygens (including phenoxy) is 1. The summed E-state index contributed by atoms with van der Waals surface area (Å²) in [5, 5.41) is 7.71. The third-order valence-corrected chi connectivity index (χ3v) is 6.38. The van der Waals surface area contributed by atoms with Gasteiger partial charge in [0.05, 0.1) is 13.3 Å². The summed E-state index contributed by atoms with van der Waals surface area (Å²) in [6.07, 6.45) is 6.73. The fourth-order valence-corrected chi connectivity index (χ4v) is 4.87. The van der Waals surface area contributed by atoms with Crippen LogP contribution in [0.5, 0.6) is 5.75 Å². The summed E-state index contributed by atoms with van der Waals surface area (Å²) in [4.78, 5) is 12.6. The Kier molecular flexibility index (Phi) is 5.63. The molecule has 5 rings (SSSR count). The monoisotopic (exact) mass is 425 g/mol. The van der Waals surface area contributed by atoms with E-state index < -0.39 is 0 Å². The van der Waals surface area contributed by atoms with Crippen molar-refractivity contribution in [2.24, 2.45) is 5.10 Å². The standard InChI is InChI=1S/C27H27N3O2/c1-32-26-15-14-19-8-2-3-9-20(19)23(26)18-28-29-27(31)16-17-30-24-12-6-4-10-21(24)22-11-5-7-13-25(22)30/h2-4,6,8-10,12,14-15,18H,5,7,11,13,16-17H2,1H3,(H,29,31). The first-order valence-electron chi connectivity index (χ1n) is 11.2. The van der Waals surface area contributed by atoms with Gasteiger partial charge in [-0.3, -0.25) is 4.79 Å². The van der Waals surface area contributed by atoms with Crippen LogP contribution in [0.25, 0.3) is 21.7 Å². The van der Waals surface area contributed by atoms with E-state index in [1.54, 1.807) is 13.3 Å². The van der Waals surface area contributed by atoms with Crippen LogP contribution in [0, 0.1) is 0 Å². The molecule has 4 aromatic rings. The molecule has 1 amide bonds. The molecule has 0 atom stereocenters. The number of nitrogens with zero attached hydrogens (tertiary/aromatic N) is 2. The van der Waals surface area contributed by atoms with Gasteiger partial charge in [-0.05, 0) is 54.2 Å². The molecule has 5 heteroatoms. The number of nitrogens with one attached hydrogen (secondary N) is 1. The van der Waals surface area contributed by atoms with Gasteiger partial charge in [0.2, 0.25) is 5.91 Å². The van der Waals surface area contributed by atoms with Crippen molar-refractivity contribution in [1.82, 2.24) is 9.99 Å². The number of methoxy groups -OCH3 is 1. The number of benzene rings is 3. The van der Waals surface area contributed by atoms with Crippen LogP contribution in [0.15, 0.2) is 65.8 Å². The maximum Gasteiger partial charge on any atom is 0.241 e. The Morgan fingerprint density at radius 1 is 1.03 bits per heavy atom. The first kappa shape index (κ1) is 20.3. The average molecular weight is 426 g/mol. The summed E-state index contributed by atoms with van der Waals surface area (Å²) in [5.41, 5.74) is 7.65. The van der Waals surface area contributed by atoms with E-state index in [2.05, 4.69) is 39.4 Å². The SMILES string of the molecule is COc1ccc2ccccc2c1C=NNC(=O)CCn1c2c(c3ccccc31)CCCC2. The molecule has 0 unspecified atom stereocenters. The Hall–Kier alpha value is -3.60. The minimum absolute atomic E-state index is 0.0946. The van der Waals surface area contributed by atoms with Crippen LogP contribution >= 0.6 is 0 Å². The molecule has 0 spiro atoms. The molecular formula is C27H27N3O2. The Balaban J connectivity index is 1.31. The number of hydrogen-bond donors (Lipinski definition) is 1. The van der Waals surface area contributed by atoms with E-state index in [4.69, 9.17) is 4.74 Å². The molecule has 1 aliphatic carbocycles. The smallest absolute Gasteiger partial charge is 0.241 e. The summed E-state index contributed by atoms with van der Waals surface area (Å²) in [6.45, 7) is 0.661. The zero-order chi connectivity index (χ0) is 21.9. The average Bonchev–Trinajstić information content (AvgIpc) is 3.16. The van der Waals surface area contributed by atoms with E-state index in [0.717, 1.165) is 34.9 Å². The second-order valence-corrected chi connectivity index (χ2v) is 8.25. The minimum atomic E-state index is -0.0946. The van der Waals surface area contributed by atoms with Crippen molar-refractivity contribution in [3.8, 4) is 5.75 Å². The molecule has 0 radical (unpaired) electrons. The number of hydrogen-bond acceptors (Lipinski definition) is 3. The summed E-state index contributed by atoms with van der Waals surface area (Å²) in [5.74, 6) is 0.634. The van der Waals surface area contributed by atoms with Gasteiger partial charge < -0.3 is 9.30 Å². The van der Waals surface area contributed by atoms with E-state index in [0.29, 0.717) is 13.0 Å². The number of carbonyl (C=O) groups excluding carboxylic acids is 1. The van der Waals surface area contributed by atoms with Crippen LogP contribution in [0.4, 0.5) is 0 Å². The van der Waals surface area contributed by atoms with Crippen molar-refractivity contribution in [1.29, 1.82) is 0 Å². The van der Waals surface area contributed by atoms with Gasteiger partial charge in [-0.1, -0.05) is 48.5 Å². The summed E-state index contributed by atoms with van der Waals surface area (Å²) < 4.78 is 7.83. The minimum Gasteiger partial charge on any atom is -0.496 e. The zero-order valence-corrected chi connectivity index (χ0v) is 18.3. The third-order valence-electron chi connectivity index (χ3n) is 6.38. The number of fused-ring (bicyclic) bond motifs is 4. The number of rotatable bonds is 6. The van der Waals surface area contributed by atoms with E-state index in [-0.39, 0.29) is 5.91 Å². The maximum absolute atomic E-state index is 12.6. The molecule has 1 N–H and O–H groups in total. The number of carbonyl (C=O) groups is 1. The quantitative estimate of drug-likeness (QED) is 0.340. The fraction of sp³-hybridized carbons (Fsp3) is 0.259. The lowest BCUT2D eigenvalue weighted by molar-refractivity contribution is -0.121. The topological polar surface area (TPSA) is 55.6 Å². The fourth-order valence-electron chi connectivity index (χ4n) is 4.87. The van der Waals surface area contributed by atoms with Crippen LogP contribution in [0.1, 0.15) is 36.1 Å². The Labute approximate surface area is 187 Å². The Morgan fingerprint density at radius 2 is 1.81 bits per heavy atom. The van der Waals surface area contributed by atoms with Crippen molar-refractivity contribution in [3.63, 3.8) is 0 Å². The second-order valence-electron chi connectivity index (χ2n) is 8.25. The van der Waals surface area contributed by atoms with Crippen LogP contribution in [-0.4, -0.2) is 23.8 Å². The summed E-state index contributed by atoms with van der Waals surface area (Å²) in [6, 6.07) is 20.6. The predicted molar refractivity (Wildman–Crippen MR) is 129 cm³/mol. The predicted octanol–water partition coefficient (Wildman–Crippen LogP) is 5.22. The third kappa shape index (κ3) is 3.75. The maximum atomic E-state index is 12.6. The first-order valence-corrected chi connectivity index (χ1v) is 11.2. The van der Waals surface area contributed by atoms with Crippen LogP contribution < -0.4 is 10.2 Å². The van der Waals surface area contributed by atoms with Crippen molar-refractivity contribution >= 4 is 33.8 Å². The molecule has 0 saturated heterocycles. The molecular weight excluding hydrogens is 398 g/mol. The normalized spacial score (nSPS) is 13.5. The molecule has 1 aromatic heterocycles. The molecule has 5 nitrogen and oxygen atoms in total. The van der Waals surface area contributed by atoms with Crippen molar-refractivity contribution < 1.29 is 9.53 Å². The van der Waals surface area contributed by atoms with Crippen molar-refractivity contribution in [2.75, 3.05) is 7.11 Å². The van der Waals surface area contributed by atoms with E-state index in [9.17, 15) is 4.79 Å². The van der Waals surface area contributed by atoms with Gasteiger partial charge in [-0.2, -0.15) is 5.10 Å². The molecule has 0 aliphatic heterocycles. The van der Waals surface area contributed by atoms with Gasteiger partial charge >= 0.3 is 0 Å². The van der Waals surface area contributed by atoms with Crippen molar-refractivity contribution in [2.45, 2.75) is 38.6 Å². The summed E-state index contributed by atoms with van der Waals surface area (Å²) in [7, 11) is 1.64. The highest BCUT2D eigenvalue weighted by Crippen LogP contribution is 2.32. The second kappa shape index (κ2) is 8.87. The van der Waals surface area contributed by atoms with Gasteiger partial charge in [0.15, 0.2) is 0 Å². The highest BCUT2D eigenvalue weighted by atomic mass is 16.5. The molecule has 1 heterocycles. The highest BCUT2D eigenvalue weighted by molar-refractivity contribution is 6.02. The van der Waals surface area contributed by atoms with Gasteiger partial charge in [0, 0.05) is 35.1 Å². The molecule has 0 fully saturated rings. The Bertz CT molecular complexity index is 1320. The highest BCUT2D eigenvalue weighted by Gasteiger charge is 2.19. The molecule has 0 saturated carbocycles. The lowest BCUT2D eigenvalue weighted by atomic mass is 9.95. The van der Waals surface area contributed by atoms with E-state index in [1.165, 1.54) is 35.0 Å². The van der Waals surface area contributed by atoms with Gasteiger partial charge in [-0.15, -0.1) is 0 Å². The molecule has 32 heavy (non-hydrogen) atoms. The first-order chi connectivity index (χ1) is 15.8. The van der Waals surface area contributed by atoms with E-state index in [1.807, 2.05) is 36.4 Å². The number of aromatic nitrogens is 1. The van der Waals surface area contributed by atoms with E-state index >= 15 is 0 Å².